The molecule has 1 aliphatic heterocycles. The molecule has 1 aromatic carbocycles. The van der Waals surface area contributed by atoms with Gasteiger partial charge in [-0.3, -0.25) is 19.4 Å². The Morgan fingerprint density at radius 3 is 2.29 bits per heavy atom. The molecule has 0 saturated carbocycles. The van der Waals surface area contributed by atoms with Gasteiger partial charge < -0.3 is 4.74 Å². The first kappa shape index (κ1) is 17.0. The third-order valence-corrected chi connectivity index (χ3v) is 4.79. The summed E-state index contributed by atoms with van der Waals surface area (Å²) in [6.45, 7) is 1.41. The van der Waals surface area contributed by atoms with Crippen molar-refractivity contribution in [3.05, 3.63) is 41.4 Å². The topological polar surface area (TPSA) is 49.9 Å². The zero-order valence-electron chi connectivity index (χ0n) is 13.7. The normalized spacial score (nSPS) is 23.0. The molecular formula is C18H21ClN2O3. The van der Waals surface area contributed by atoms with E-state index < -0.39 is 0 Å². The van der Waals surface area contributed by atoms with Crippen molar-refractivity contribution in [2.24, 2.45) is 11.8 Å². The highest BCUT2D eigenvalue weighted by molar-refractivity contribution is 6.30. The number of hydrogen-bond acceptors (Lipinski definition) is 4. The Labute approximate surface area is 146 Å². The van der Waals surface area contributed by atoms with Gasteiger partial charge in [0.1, 0.15) is 12.4 Å². The molecular weight excluding hydrogens is 328 g/mol. The van der Waals surface area contributed by atoms with Gasteiger partial charge in [-0.15, -0.1) is 0 Å². The lowest BCUT2D eigenvalue weighted by atomic mass is 9.85. The summed E-state index contributed by atoms with van der Waals surface area (Å²) >= 11 is 5.83. The van der Waals surface area contributed by atoms with Crippen LogP contribution in [0.3, 0.4) is 0 Å². The molecule has 5 nitrogen and oxygen atoms in total. The van der Waals surface area contributed by atoms with Gasteiger partial charge in [0, 0.05) is 11.6 Å². The lowest BCUT2D eigenvalue weighted by Crippen LogP contribution is -2.41. The average Bonchev–Trinajstić information content (AvgIpc) is 2.82. The predicted octanol–water partition coefficient (Wildman–Crippen LogP) is 2.56. The number of benzene rings is 1. The van der Waals surface area contributed by atoms with Gasteiger partial charge >= 0.3 is 0 Å². The van der Waals surface area contributed by atoms with Gasteiger partial charge in [-0.25, -0.2) is 0 Å². The number of carbonyl (C=O) groups is 2. The molecule has 0 spiro atoms. The molecule has 2 aliphatic rings. The molecule has 24 heavy (non-hydrogen) atoms. The fraction of sp³-hybridized carbons (Fsp3) is 0.444. The highest BCUT2D eigenvalue weighted by Crippen LogP contribution is 2.34. The molecule has 0 radical (unpaired) electrons. The van der Waals surface area contributed by atoms with Crippen LogP contribution >= 0.6 is 11.6 Å². The number of nitrogens with zero attached hydrogens (tertiary/aromatic N) is 2. The van der Waals surface area contributed by atoms with E-state index in [1.165, 1.54) is 4.90 Å². The van der Waals surface area contributed by atoms with Crippen LogP contribution in [0.5, 0.6) is 5.75 Å². The van der Waals surface area contributed by atoms with Crippen molar-refractivity contribution < 1.29 is 14.3 Å². The first-order chi connectivity index (χ1) is 11.6. The standard InChI is InChI=1S/C18H21ClN2O3/c1-20(10-11-24-14-8-6-13(19)7-9-14)12-21-17(22)15-4-2-3-5-16(15)18(21)23/h2-3,6-9,15-16H,4-5,10-12H2,1H3/t15-,16-/m1/s1. The third-order valence-electron chi connectivity index (χ3n) is 4.54. The summed E-state index contributed by atoms with van der Waals surface area (Å²) in [5, 5.41) is 0.668. The second-order valence-electron chi connectivity index (χ2n) is 6.28. The Morgan fingerprint density at radius 1 is 1.12 bits per heavy atom. The maximum Gasteiger partial charge on any atom is 0.234 e. The molecule has 3 rings (SSSR count). The number of likely N-dealkylation sites (tertiary alicyclic amines) is 1. The van der Waals surface area contributed by atoms with Crippen LogP contribution in [0.25, 0.3) is 0 Å². The van der Waals surface area contributed by atoms with Gasteiger partial charge in [0.25, 0.3) is 0 Å². The third kappa shape index (κ3) is 3.62. The Bertz CT molecular complexity index is 618. The summed E-state index contributed by atoms with van der Waals surface area (Å²) in [5.41, 5.74) is 0. The van der Waals surface area contributed by atoms with Gasteiger partial charge in [-0.1, -0.05) is 23.8 Å². The van der Waals surface area contributed by atoms with Crippen LogP contribution in [0.4, 0.5) is 0 Å². The summed E-state index contributed by atoms with van der Waals surface area (Å²) in [6, 6.07) is 7.18. The molecule has 2 atom stereocenters. The van der Waals surface area contributed by atoms with Crippen molar-refractivity contribution in [1.82, 2.24) is 9.80 Å². The fourth-order valence-corrected chi connectivity index (χ4v) is 3.30. The number of ether oxygens (including phenoxy) is 1. The Hall–Kier alpha value is -1.85. The van der Waals surface area contributed by atoms with E-state index in [1.807, 2.05) is 36.2 Å². The van der Waals surface area contributed by atoms with Gasteiger partial charge in [0.15, 0.2) is 0 Å². The molecule has 1 saturated heterocycles. The van der Waals surface area contributed by atoms with E-state index in [0.29, 0.717) is 37.7 Å². The van der Waals surface area contributed by atoms with Crippen LogP contribution in [0.2, 0.25) is 5.02 Å². The second kappa shape index (κ2) is 7.36. The van der Waals surface area contributed by atoms with Crippen molar-refractivity contribution in [1.29, 1.82) is 0 Å². The Kier molecular flexibility index (Phi) is 5.21. The summed E-state index contributed by atoms with van der Waals surface area (Å²) in [7, 11) is 1.88. The number of amides is 2. The molecule has 1 aliphatic carbocycles. The molecule has 6 heteroatoms. The van der Waals surface area contributed by atoms with Crippen LogP contribution in [0, 0.1) is 11.8 Å². The minimum Gasteiger partial charge on any atom is -0.492 e. The van der Waals surface area contributed by atoms with Gasteiger partial charge in [-0.2, -0.15) is 0 Å². The van der Waals surface area contributed by atoms with Crippen molar-refractivity contribution in [3.63, 3.8) is 0 Å². The van der Waals surface area contributed by atoms with Crippen LogP contribution in [-0.2, 0) is 9.59 Å². The minimum atomic E-state index is -0.166. The average molecular weight is 349 g/mol. The Balaban J connectivity index is 1.48. The van der Waals surface area contributed by atoms with Crippen LogP contribution in [0.15, 0.2) is 36.4 Å². The maximum atomic E-state index is 12.4. The minimum absolute atomic E-state index is 0.0418. The number of imide groups is 1. The number of rotatable bonds is 6. The number of hydrogen-bond donors (Lipinski definition) is 0. The first-order valence-corrected chi connectivity index (χ1v) is 8.51. The Morgan fingerprint density at radius 2 is 1.71 bits per heavy atom. The maximum absolute atomic E-state index is 12.4. The van der Waals surface area contributed by atoms with Gasteiger partial charge in [0.05, 0.1) is 18.5 Å². The quantitative estimate of drug-likeness (QED) is 0.585. The molecule has 1 fully saturated rings. The molecule has 128 valence electrons. The summed E-state index contributed by atoms with van der Waals surface area (Å²) in [5.74, 6) is 0.334. The fourth-order valence-electron chi connectivity index (χ4n) is 3.17. The smallest absolute Gasteiger partial charge is 0.234 e. The van der Waals surface area contributed by atoms with Crippen LogP contribution in [0.1, 0.15) is 12.8 Å². The molecule has 0 aromatic heterocycles. The van der Waals surface area contributed by atoms with Crippen LogP contribution < -0.4 is 4.74 Å². The lowest BCUT2D eigenvalue weighted by Gasteiger charge is -2.23. The van der Waals surface area contributed by atoms with Crippen molar-refractivity contribution in [2.75, 3.05) is 26.9 Å². The van der Waals surface area contributed by atoms with Crippen molar-refractivity contribution >= 4 is 23.4 Å². The molecule has 1 aromatic rings. The van der Waals surface area contributed by atoms with E-state index in [1.54, 1.807) is 12.1 Å². The highest BCUT2D eigenvalue weighted by Gasteiger charge is 2.47. The lowest BCUT2D eigenvalue weighted by molar-refractivity contribution is -0.142. The number of likely N-dealkylation sites (N-methyl/N-ethyl adjacent to an activating group) is 1. The van der Waals surface area contributed by atoms with Crippen LogP contribution in [-0.4, -0.2) is 48.5 Å². The number of fused-ring (bicyclic) bond motifs is 1. The summed E-state index contributed by atoms with van der Waals surface area (Å²) in [6.07, 6.45) is 5.35. The van der Waals surface area contributed by atoms with Gasteiger partial charge in [-0.05, 0) is 44.2 Å². The van der Waals surface area contributed by atoms with Crippen molar-refractivity contribution in [2.45, 2.75) is 12.8 Å². The van der Waals surface area contributed by atoms with E-state index >= 15 is 0 Å². The van der Waals surface area contributed by atoms with E-state index in [-0.39, 0.29) is 23.7 Å². The number of allylic oxidation sites excluding steroid dienone is 2. The summed E-state index contributed by atoms with van der Waals surface area (Å²) < 4.78 is 5.65. The molecule has 0 unspecified atom stereocenters. The number of carbonyl (C=O) groups excluding carboxylic acids is 2. The first-order valence-electron chi connectivity index (χ1n) is 8.13. The second-order valence-corrected chi connectivity index (χ2v) is 6.72. The molecule has 2 amide bonds. The molecule has 0 bridgehead atoms. The van der Waals surface area contributed by atoms with Gasteiger partial charge in [0.2, 0.25) is 11.8 Å². The molecule has 0 N–H and O–H groups in total. The highest BCUT2D eigenvalue weighted by atomic mass is 35.5. The largest absolute Gasteiger partial charge is 0.492 e. The monoisotopic (exact) mass is 348 g/mol. The van der Waals surface area contributed by atoms with E-state index in [2.05, 4.69) is 0 Å². The molecule has 1 heterocycles. The van der Waals surface area contributed by atoms with Crippen molar-refractivity contribution in [3.8, 4) is 5.75 Å². The SMILES string of the molecule is CN(CCOc1ccc(Cl)cc1)CN1C(=O)[C@@H]2CC=CC[C@H]2C1=O. The zero-order valence-corrected chi connectivity index (χ0v) is 14.4. The zero-order chi connectivity index (χ0) is 17.1. The van der Waals surface area contributed by atoms with E-state index in [0.717, 1.165) is 5.75 Å². The number of halogens is 1. The van der Waals surface area contributed by atoms with E-state index in [9.17, 15) is 9.59 Å². The predicted molar refractivity (Wildman–Crippen MR) is 91.7 cm³/mol. The summed E-state index contributed by atoms with van der Waals surface area (Å²) in [4.78, 5) is 28.1. The van der Waals surface area contributed by atoms with E-state index in [4.69, 9.17) is 16.3 Å².